The van der Waals surface area contributed by atoms with Crippen molar-refractivity contribution < 1.29 is 4.42 Å². The zero-order valence-corrected chi connectivity index (χ0v) is 5.03. The molecule has 0 saturated carbocycles. The molecule has 0 aliphatic heterocycles. The van der Waals surface area contributed by atoms with Gasteiger partial charge in [-0.25, -0.2) is 0 Å². The van der Waals surface area contributed by atoms with E-state index in [4.69, 9.17) is 10.2 Å². The van der Waals surface area contributed by atoms with E-state index in [9.17, 15) is 0 Å². The average molecular weight is 128 g/mol. The molecule has 0 aliphatic carbocycles. The molecular formula is C4H8N4O. The molecule has 0 radical (unpaired) electrons. The minimum atomic E-state index is -0.354. The van der Waals surface area contributed by atoms with Crippen LogP contribution in [0.1, 0.15) is 12.1 Å². The van der Waals surface area contributed by atoms with Crippen LogP contribution in [0.15, 0.2) is 10.8 Å². The fourth-order valence-electron chi connectivity index (χ4n) is 0.441. The second-order valence-electron chi connectivity index (χ2n) is 1.54. The Labute approximate surface area is 52.3 Å². The van der Waals surface area contributed by atoms with E-state index in [1.165, 1.54) is 6.39 Å². The summed E-state index contributed by atoms with van der Waals surface area (Å²) in [5.74, 6) is 0.400. The molecule has 0 spiro atoms. The molecule has 0 fully saturated rings. The SMILES string of the molecule is CNC(N)c1nnco1. The molecule has 9 heavy (non-hydrogen) atoms. The standard InChI is InChI=1S/C4H8N4O/c1-6-3(5)4-8-7-2-9-4/h2-3,6H,5H2,1H3. The lowest BCUT2D eigenvalue weighted by atomic mass is 10.5. The molecule has 1 heterocycles. The Hall–Kier alpha value is -0.940. The fraction of sp³-hybridized carbons (Fsp3) is 0.500. The van der Waals surface area contributed by atoms with Gasteiger partial charge < -0.3 is 10.2 Å². The Morgan fingerprint density at radius 1 is 1.89 bits per heavy atom. The van der Waals surface area contributed by atoms with Crippen molar-refractivity contribution in [2.24, 2.45) is 5.73 Å². The smallest absolute Gasteiger partial charge is 0.247 e. The molecule has 0 saturated heterocycles. The topological polar surface area (TPSA) is 77.0 Å². The maximum atomic E-state index is 5.43. The van der Waals surface area contributed by atoms with Crippen LogP contribution in [0.5, 0.6) is 0 Å². The van der Waals surface area contributed by atoms with Gasteiger partial charge in [-0.2, -0.15) is 0 Å². The van der Waals surface area contributed by atoms with Crippen molar-refractivity contribution in [3.8, 4) is 0 Å². The summed E-state index contributed by atoms with van der Waals surface area (Å²) in [6, 6.07) is 0. The summed E-state index contributed by atoms with van der Waals surface area (Å²) in [5, 5.41) is 9.79. The van der Waals surface area contributed by atoms with E-state index in [2.05, 4.69) is 15.5 Å². The van der Waals surface area contributed by atoms with Crippen molar-refractivity contribution in [1.29, 1.82) is 0 Å². The Morgan fingerprint density at radius 3 is 3.11 bits per heavy atom. The van der Waals surface area contributed by atoms with Gasteiger partial charge in [-0.1, -0.05) is 0 Å². The van der Waals surface area contributed by atoms with Crippen LogP contribution < -0.4 is 11.1 Å². The van der Waals surface area contributed by atoms with Crippen molar-refractivity contribution in [3.63, 3.8) is 0 Å². The van der Waals surface area contributed by atoms with E-state index in [0.717, 1.165) is 0 Å². The first kappa shape index (κ1) is 6.18. The molecule has 1 rings (SSSR count). The predicted molar refractivity (Wildman–Crippen MR) is 30.3 cm³/mol. The molecule has 1 atom stereocenters. The predicted octanol–water partition coefficient (Wildman–Crippen LogP) is -0.754. The number of rotatable bonds is 2. The molecule has 1 aromatic rings. The Balaban J connectivity index is 2.65. The molecule has 5 nitrogen and oxygen atoms in total. The van der Waals surface area contributed by atoms with Gasteiger partial charge in [-0.15, -0.1) is 10.2 Å². The summed E-state index contributed by atoms with van der Waals surface area (Å²) in [5.41, 5.74) is 5.43. The zero-order valence-electron chi connectivity index (χ0n) is 5.03. The quantitative estimate of drug-likeness (QED) is 0.512. The van der Waals surface area contributed by atoms with Crippen LogP contribution in [0.3, 0.4) is 0 Å². The van der Waals surface area contributed by atoms with Crippen LogP contribution >= 0.6 is 0 Å². The Kier molecular flexibility index (Phi) is 1.76. The first-order chi connectivity index (χ1) is 4.34. The van der Waals surface area contributed by atoms with Gasteiger partial charge in [0, 0.05) is 0 Å². The molecular weight excluding hydrogens is 120 g/mol. The highest BCUT2D eigenvalue weighted by atomic mass is 16.4. The van der Waals surface area contributed by atoms with E-state index in [1.54, 1.807) is 7.05 Å². The Bertz CT molecular complexity index is 161. The second kappa shape index (κ2) is 2.56. The number of nitrogens with zero attached hydrogens (tertiary/aromatic N) is 2. The highest BCUT2D eigenvalue weighted by molar-refractivity contribution is 4.80. The molecule has 0 bridgehead atoms. The van der Waals surface area contributed by atoms with E-state index < -0.39 is 0 Å². The highest BCUT2D eigenvalue weighted by Gasteiger charge is 2.06. The van der Waals surface area contributed by atoms with Crippen LogP contribution in [0.4, 0.5) is 0 Å². The number of hydrogen-bond acceptors (Lipinski definition) is 5. The monoisotopic (exact) mass is 128 g/mol. The van der Waals surface area contributed by atoms with Gasteiger partial charge in [0.2, 0.25) is 12.3 Å². The lowest BCUT2D eigenvalue weighted by Crippen LogP contribution is -2.25. The third-order valence-corrected chi connectivity index (χ3v) is 0.954. The summed E-state index contributed by atoms with van der Waals surface area (Å²) in [4.78, 5) is 0. The van der Waals surface area contributed by atoms with Gasteiger partial charge in [0.25, 0.3) is 0 Å². The van der Waals surface area contributed by atoms with Crippen LogP contribution in [0.25, 0.3) is 0 Å². The molecule has 3 N–H and O–H groups in total. The first-order valence-electron chi connectivity index (χ1n) is 2.53. The number of nitrogens with one attached hydrogen (secondary N) is 1. The van der Waals surface area contributed by atoms with E-state index >= 15 is 0 Å². The van der Waals surface area contributed by atoms with E-state index in [1.807, 2.05) is 0 Å². The first-order valence-corrected chi connectivity index (χ1v) is 2.53. The third-order valence-electron chi connectivity index (χ3n) is 0.954. The minimum Gasteiger partial charge on any atom is -0.425 e. The molecule has 1 unspecified atom stereocenters. The van der Waals surface area contributed by atoms with Crippen LogP contribution in [0.2, 0.25) is 0 Å². The molecule has 0 aliphatic rings. The van der Waals surface area contributed by atoms with Crippen molar-refractivity contribution >= 4 is 0 Å². The molecule has 50 valence electrons. The van der Waals surface area contributed by atoms with Gasteiger partial charge in [0.15, 0.2) is 0 Å². The van der Waals surface area contributed by atoms with E-state index in [-0.39, 0.29) is 6.17 Å². The lowest BCUT2D eigenvalue weighted by Gasteiger charge is -2.01. The summed E-state index contributed by atoms with van der Waals surface area (Å²) >= 11 is 0. The molecule has 0 amide bonds. The fourth-order valence-corrected chi connectivity index (χ4v) is 0.441. The summed E-state index contributed by atoms with van der Waals surface area (Å²) in [6.07, 6.45) is 0.888. The van der Waals surface area contributed by atoms with Crippen LogP contribution in [0, 0.1) is 0 Å². The molecule has 5 heteroatoms. The average Bonchev–Trinajstić information content (AvgIpc) is 2.37. The maximum Gasteiger partial charge on any atom is 0.247 e. The van der Waals surface area contributed by atoms with Crippen molar-refractivity contribution in [1.82, 2.24) is 15.5 Å². The van der Waals surface area contributed by atoms with Crippen LogP contribution in [-0.4, -0.2) is 17.2 Å². The van der Waals surface area contributed by atoms with Crippen molar-refractivity contribution in [3.05, 3.63) is 12.3 Å². The second-order valence-corrected chi connectivity index (χ2v) is 1.54. The summed E-state index contributed by atoms with van der Waals surface area (Å²) in [7, 11) is 1.72. The van der Waals surface area contributed by atoms with Crippen LogP contribution in [-0.2, 0) is 0 Å². The maximum absolute atomic E-state index is 5.43. The number of nitrogens with two attached hydrogens (primary N) is 1. The summed E-state index contributed by atoms with van der Waals surface area (Å²) in [6.45, 7) is 0. The van der Waals surface area contributed by atoms with Crippen molar-refractivity contribution in [2.75, 3.05) is 7.05 Å². The Morgan fingerprint density at radius 2 is 2.67 bits per heavy atom. The lowest BCUT2D eigenvalue weighted by molar-refractivity contribution is 0.422. The minimum absolute atomic E-state index is 0.354. The zero-order chi connectivity index (χ0) is 6.69. The third kappa shape index (κ3) is 1.24. The van der Waals surface area contributed by atoms with Gasteiger partial charge in [-0.05, 0) is 7.05 Å². The van der Waals surface area contributed by atoms with Gasteiger partial charge in [0.05, 0.1) is 0 Å². The number of aromatic nitrogens is 2. The molecule has 1 aromatic heterocycles. The van der Waals surface area contributed by atoms with Crippen molar-refractivity contribution in [2.45, 2.75) is 6.17 Å². The van der Waals surface area contributed by atoms with Gasteiger partial charge >= 0.3 is 0 Å². The number of hydrogen-bond donors (Lipinski definition) is 2. The largest absolute Gasteiger partial charge is 0.425 e. The molecule has 0 aromatic carbocycles. The van der Waals surface area contributed by atoms with Gasteiger partial charge in [-0.3, -0.25) is 5.32 Å². The van der Waals surface area contributed by atoms with E-state index in [0.29, 0.717) is 5.89 Å². The van der Waals surface area contributed by atoms with Gasteiger partial charge in [0.1, 0.15) is 6.17 Å². The normalized spacial score (nSPS) is 13.6. The summed E-state index contributed by atoms with van der Waals surface area (Å²) < 4.78 is 4.78. The highest BCUT2D eigenvalue weighted by Crippen LogP contribution is 1.98.